The molecule has 1 N–H and O–H groups in total. The van der Waals surface area contributed by atoms with Gasteiger partial charge in [0.25, 0.3) is 11.8 Å². The summed E-state index contributed by atoms with van der Waals surface area (Å²) < 4.78 is 27.3. The van der Waals surface area contributed by atoms with E-state index in [1.54, 1.807) is 6.20 Å². The number of carbonyl (C=O) groups is 2. The van der Waals surface area contributed by atoms with E-state index in [1.807, 2.05) is 37.5 Å². The second-order valence-electron chi connectivity index (χ2n) is 9.20. The maximum Gasteiger partial charge on any atom is 0.261 e. The number of carbonyl (C=O) groups excluding carboxylic acids is 2. The van der Waals surface area contributed by atoms with Gasteiger partial charge in [-0.25, -0.2) is 18.4 Å². The van der Waals surface area contributed by atoms with Crippen LogP contribution in [0.3, 0.4) is 0 Å². The maximum absolute atomic E-state index is 13.1. The monoisotopic (exact) mass is 466 g/mol. The molecule has 1 aromatic carbocycles. The zero-order valence-electron chi connectivity index (χ0n) is 18.6. The van der Waals surface area contributed by atoms with Crippen LogP contribution in [-0.2, 0) is 23.1 Å². The van der Waals surface area contributed by atoms with Crippen LogP contribution in [0.4, 0.5) is 5.69 Å². The Balaban J connectivity index is 1.73. The van der Waals surface area contributed by atoms with Gasteiger partial charge in [-0.15, -0.1) is 0 Å². The van der Waals surface area contributed by atoms with Crippen molar-refractivity contribution in [3.05, 3.63) is 53.1 Å². The van der Waals surface area contributed by atoms with Gasteiger partial charge in [-0.2, -0.15) is 5.26 Å². The fourth-order valence-electron chi connectivity index (χ4n) is 3.80. The first-order valence-electron chi connectivity index (χ1n) is 10.1. The molecule has 0 spiro atoms. The van der Waals surface area contributed by atoms with Gasteiger partial charge in [-0.1, -0.05) is 20.8 Å². The SMILES string of the molecule is CC(C)(C)Cn1c(CN2C(=O)c3ccc(NS(C)(=O)=O)cc3C2=O)cc2cnc(C#N)nc21. The molecule has 0 radical (unpaired) electrons. The van der Waals surface area contributed by atoms with E-state index in [9.17, 15) is 23.3 Å². The number of aromatic nitrogens is 3. The number of hydrogen-bond donors (Lipinski definition) is 1. The molecule has 11 heteroatoms. The number of anilines is 1. The first-order chi connectivity index (χ1) is 15.4. The van der Waals surface area contributed by atoms with Crippen molar-refractivity contribution in [3.8, 4) is 6.07 Å². The summed E-state index contributed by atoms with van der Waals surface area (Å²) in [5.41, 5.74) is 1.64. The third-order valence-corrected chi connectivity index (χ3v) is 5.65. The van der Waals surface area contributed by atoms with E-state index >= 15 is 0 Å². The molecule has 0 fully saturated rings. The quantitative estimate of drug-likeness (QED) is 0.570. The van der Waals surface area contributed by atoms with Crippen molar-refractivity contribution >= 4 is 38.6 Å². The summed E-state index contributed by atoms with van der Waals surface area (Å²) in [6.45, 7) is 6.68. The molecule has 0 bridgehead atoms. The minimum Gasteiger partial charge on any atom is -0.327 e. The smallest absolute Gasteiger partial charge is 0.261 e. The van der Waals surface area contributed by atoms with Crippen LogP contribution >= 0.6 is 0 Å². The van der Waals surface area contributed by atoms with E-state index in [4.69, 9.17) is 0 Å². The Morgan fingerprint density at radius 3 is 2.45 bits per heavy atom. The van der Waals surface area contributed by atoms with E-state index in [0.29, 0.717) is 23.3 Å². The van der Waals surface area contributed by atoms with Crippen LogP contribution in [0.15, 0.2) is 30.5 Å². The lowest BCUT2D eigenvalue weighted by atomic mass is 9.97. The Labute approximate surface area is 190 Å². The standard InChI is InChI=1S/C22H22N6O4S/c1-22(2,3)12-28-15(7-13-10-24-18(9-23)25-19(13)28)11-27-20(29)16-6-5-14(26-33(4,31)32)8-17(16)21(27)30/h5-8,10,26H,11-12H2,1-4H3. The third-order valence-electron chi connectivity index (χ3n) is 5.05. The van der Waals surface area contributed by atoms with Gasteiger partial charge in [0.2, 0.25) is 15.8 Å². The first-order valence-corrected chi connectivity index (χ1v) is 12.0. The number of nitrogens with one attached hydrogen (secondary N) is 1. The Kier molecular flexibility index (Phi) is 5.21. The molecule has 0 saturated carbocycles. The zero-order valence-corrected chi connectivity index (χ0v) is 19.4. The summed E-state index contributed by atoms with van der Waals surface area (Å²) in [6, 6.07) is 8.00. The van der Waals surface area contributed by atoms with Crippen LogP contribution in [0.25, 0.3) is 11.0 Å². The van der Waals surface area contributed by atoms with Gasteiger partial charge in [0.1, 0.15) is 11.7 Å². The first kappa shape index (κ1) is 22.4. The summed E-state index contributed by atoms with van der Waals surface area (Å²) in [7, 11) is -3.53. The minimum absolute atomic E-state index is 0.00445. The molecule has 0 aliphatic carbocycles. The number of fused-ring (bicyclic) bond motifs is 2. The molecular formula is C22H22N6O4S. The van der Waals surface area contributed by atoms with E-state index in [2.05, 4.69) is 14.7 Å². The van der Waals surface area contributed by atoms with Gasteiger partial charge < -0.3 is 4.57 Å². The number of rotatable bonds is 5. The molecule has 33 heavy (non-hydrogen) atoms. The van der Waals surface area contributed by atoms with Crippen molar-refractivity contribution in [2.45, 2.75) is 33.9 Å². The lowest BCUT2D eigenvalue weighted by Crippen LogP contribution is -2.30. The summed E-state index contributed by atoms with van der Waals surface area (Å²) >= 11 is 0. The summed E-state index contributed by atoms with van der Waals surface area (Å²) in [5, 5.41) is 9.89. The summed E-state index contributed by atoms with van der Waals surface area (Å²) in [5.74, 6) is -0.935. The van der Waals surface area contributed by atoms with Crippen molar-refractivity contribution in [2.24, 2.45) is 5.41 Å². The van der Waals surface area contributed by atoms with E-state index in [-0.39, 0.29) is 34.6 Å². The number of benzene rings is 1. The number of sulfonamides is 1. The minimum atomic E-state index is -3.53. The normalized spacial score (nSPS) is 14.0. The van der Waals surface area contributed by atoms with E-state index < -0.39 is 21.8 Å². The Morgan fingerprint density at radius 2 is 1.82 bits per heavy atom. The predicted octanol–water partition coefficient (Wildman–Crippen LogP) is 2.52. The topological polar surface area (TPSA) is 138 Å². The highest BCUT2D eigenvalue weighted by atomic mass is 32.2. The largest absolute Gasteiger partial charge is 0.327 e. The highest BCUT2D eigenvalue weighted by Crippen LogP contribution is 2.30. The van der Waals surface area contributed by atoms with Crippen LogP contribution < -0.4 is 4.72 Å². The van der Waals surface area contributed by atoms with Crippen molar-refractivity contribution in [2.75, 3.05) is 11.0 Å². The van der Waals surface area contributed by atoms with Crippen molar-refractivity contribution in [1.29, 1.82) is 5.26 Å². The Morgan fingerprint density at radius 1 is 1.12 bits per heavy atom. The van der Waals surface area contributed by atoms with Gasteiger partial charge in [0.05, 0.1) is 23.9 Å². The lowest BCUT2D eigenvalue weighted by Gasteiger charge is -2.23. The molecule has 1 aliphatic heterocycles. The van der Waals surface area contributed by atoms with Gasteiger partial charge >= 0.3 is 0 Å². The van der Waals surface area contributed by atoms with Crippen LogP contribution in [0, 0.1) is 16.7 Å². The Hall–Kier alpha value is -3.78. The average Bonchev–Trinajstić information content (AvgIpc) is 3.15. The average molecular weight is 467 g/mol. The summed E-state index contributed by atoms with van der Waals surface area (Å²) in [6.07, 6.45) is 2.56. The molecule has 0 unspecified atom stereocenters. The van der Waals surface area contributed by atoms with Crippen LogP contribution in [0.2, 0.25) is 0 Å². The fourth-order valence-corrected chi connectivity index (χ4v) is 4.36. The molecule has 170 valence electrons. The molecule has 10 nitrogen and oxygen atoms in total. The molecule has 1 aliphatic rings. The van der Waals surface area contributed by atoms with Gasteiger partial charge in [0, 0.05) is 29.5 Å². The maximum atomic E-state index is 13.1. The molecule has 4 rings (SSSR count). The molecular weight excluding hydrogens is 444 g/mol. The fraction of sp³-hybridized carbons (Fsp3) is 0.318. The van der Waals surface area contributed by atoms with Crippen LogP contribution in [0.1, 0.15) is 53.0 Å². The molecule has 3 aromatic rings. The highest BCUT2D eigenvalue weighted by Gasteiger charge is 2.36. The van der Waals surface area contributed by atoms with Gasteiger partial charge in [-0.3, -0.25) is 19.2 Å². The Bertz CT molecular complexity index is 1460. The van der Waals surface area contributed by atoms with E-state index in [0.717, 1.165) is 11.2 Å². The number of nitriles is 1. The summed E-state index contributed by atoms with van der Waals surface area (Å²) in [4.78, 5) is 35.6. The second-order valence-corrected chi connectivity index (χ2v) is 10.9. The molecule has 3 heterocycles. The number of imide groups is 1. The van der Waals surface area contributed by atoms with Crippen LogP contribution in [0.5, 0.6) is 0 Å². The second kappa shape index (κ2) is 7.67. The molecule has 0 atom stereocenters. The molecule has 2 amide bonds. The van der Waals surface area contributed by atoms with Crippen molar-refractivity contribution < 1.29 is 18.0 Å². The number of nitrogens with zero attached hydrogens (tertiary/aromatic N) is 5. The zero-order chi connectivity index (χ0) is 24.1. The lowest BCUT2D eigenvalue weighted by molar-refractivity contribution is 0.0638. The van der Waals surface area contributed by atoms with E-state index in [1.165, 1.54) is 18.2 Å². The number of amides is 2. The third kappa shape index (κ3) is 4.42. The van der Waals surface area contributed by atoms with Crippen LogP contribution in [-0.4, -0.2) is 45.9 Å². The molecule has 0 saturated heterocycles. The van der Waals surface area contributed by atoms with Crippen molar-refractivity contribution in [3.63, 3.8) is 0 Å². The predicted molar refractivity (Wildman–Crippen MR) is 121 cm³/mol. The number of hydrogen-bond acceptors (Lipinski definition) is 7. The van der Waals surface area contributed by atoms with Crippen molar-refractivity contribution in [1.82, 2.24) is 19.4 Å². The van der Waals surface area contributed by atoms with Gasteiger partial charge in [0.15, 0.2) is 0 Å². The van der Waals surface area contributed by atoms with Gasteiger partial charge in [-0.05, 0) is 29.7 Å². The molecule has 2 aromatic heterocycles. The highest BCUT2D eigenvalue weighted by molar-refractivity contribution is 7.92.